The number of cyclic esters (lactones) is 1. The minimum Gasteiger partial charge on any atom is -0.459 e. The second-order valence-corrected chi connectivity index (χ2v) is 19.4. The minimum atomic E-state index is -1.81. The topological polar surface area (TPSA) is 192 Å². The van der Waals surface area contributed by atoms with E-state index in [0.717, 1.165) is 32.4 Å². The number of ether oxygens (including phenoxy) is 6. The molecular formula is C43H81N3O12. The third-order valence-corrected chi connectivity index (χ3v) is 14.1. The molecule has 0 radical (unpaired) electrons. The smallest absolute Gasteiger partial charge is 0.311 e. The first-order chi connectivity index (χ1) is 26.9. The minimum absolute atomic E-state index is 0.122. The second kappa shape index (κ2) is 20.0. The van der Waals surface area contributed by atoms with Crippen LogP contribution in [0.2, 0.25) is 0 Å². The van der Waals surface area contributed by atoms with Crippen molar-refractivity contribution in [1.29, 1.82) is 0 Å². The number of likely N-dealkylation sites (tertiary alicyclic amines) is 1. The standard InChI is InChI=1S/C43H81N3O12/c1-14-32-42(10,51)36(48)29(6)44-23-25(2)21-40(8,50)37(58-39-34(47)31(45(11)12)20-26(3)54-39)27(4)35(28(5)38(49)56-32)57-33-22-41(9,53-13)43(52,30(7)55-33)24-46-18-16-15-17-19-46/h25-37,39,44,47-48,50-52H,14-24H2,1-13H3/t25-,26-,27+,28-,29+,30+,31+,32+,33+,34-,35+,36-,37-,39+,40+,41-,42-,43-/m1/s1. The van der Waals surface area contributed by atoms with E-state index in [1.54, 1.807) is 34.8 Å². The van der Waals surface area contributed by atoms with Gasteiger partial charge in [-0.25, -0.2) is 0 Å². The van der Waals surface area contributed by atoms with Crippen molar-refractivity contribution in [2.45, 2.75) is 204 Å². The Kier molecular flexibility index (Phi) is 17.1. The van der Waals surface area contributed by atoms with E-state index in [2.05, 4.69) is 10.2 Å². The van der Waals surface area contributed by atoms with E-state index in [4.69, 9.17) is 28.4 Å². The fourth-order valence-electron chi connectivity index (χ4n) is 10.2. The Morgan fingerprint density at radius 2 is 1.57 bits per heavy atom. The predicted octanol–water partition coefficient (Wildman–Crippen LogP) is 2.41. The van der Waals surface area contributed by atoms with Crippen molar-refractivity contribution in [1.82, 2.24) is 15.1 Å². The van der Waals surface area contributed by atoms with Crippen molar-refractivity contribution in [3.8, 4) is 0 Å². The Morgan fingerprint density at radius 1 is 0.931 bits per heavy atom. The molecule has 0 amide bonds. The van der Waals surface area contributed by atoms with Crippen LogP contribution >= 0.6 is 0 Å². The van der Waals surface area contributed by atoms with Crippen LogP contribution in [0.4, 0.5) is 0 Å². The summed E-state index contributed by atoms with van der Waals surface area (Å²) in [5, 5.41) is 63.0. The van der Waals surface area contributed by atoms with Gasteiger partial charge in [0.25, 0.3) is 0 Å². The van der Waals surface area contributed by atoms with Gasteiger partial charge in [0.05, 0.1) is 35.9 Å². The molecule has 0 aromatic rings. The summed E-state index contributed by atoms with van der Waals surface area (Å²) in [6.45, 7) is 20.3. The highest BCUT2D eigenvalue weighted by Crippen LogP contribution is 2.44. The average Bonchev–Trinajstić information content (AvgIpc) is 3.15. The SMILES string of the molecule is CC[C@@H]1OC(=O)[C@H](C)[C@@H](O[C@H]2C[C@@](C)(OC)[C@@](O)(CN3CCCCC3)[C@H](C)O2)[C@H](C)[C@@H](O[C@@H]2O[C@H](C)C[C@H](N(C)C)[C@H]2O)[C@@](C)(O)C[C@@H](C)CN[C@@H](C)[C@@H](O)[C@]1(C)O. The number of likely N-dealkylation sites (N-methyl/N-ethyl adjacent to an activating group) is 1. The lowest BCUT2D eigenvalue weighted by atomic mass is 9.74. The van der Waals surface area contributed by atoms with E-state index >= 15 is 0 Å². The molecule has 0 spiro atoms. The molecule has 0 saturated carbocycles. The van der Waals surface area contributed by atoms with E-state index in [9.17, 15) is 30.3 Å². The molecule has 4 heterocycles. The van der Waals surface area contributed by atoms with Crippen molar-refractivity contribution < 1.29 is 58.7 Å². The number of hydrogen-bond acceptors (Lipinski definition) is 15. The highest BCUT2D eigenvalue weighted by atomic mass is 16.7. The Balaban J connectivity index is 1.79. The molecule has 6 N–H and O–H groups in total. The Hall–Kier alpha value is -1.05. The molecule has 0 bridgehead atoms. The number of carbonyl (C=O) groups excluding carboxylic acids is 1. The summed E-state index contributed by atoms with van der Waals surface area (Å²) in [5.41, 5.74) is -5.88. The molecule has 4 aliphatic rings. The van der Waals surface area contributed by atoms with Gasteiger partial charge in [0, 0.05) is 38.1 Å². The van der Waals surface area contributed by atoms with Crippen LogP contribution in [-0.2, 0) is 33.2 Å². The highest BCUT2D eigenvalue weighted by molar-refractivity contribution is 5.73. The van der Waals surface area contributed by atoms with Crippen LogP contribution in [0.1, 0.15) is 114 Å². The van der Waals surface area contributed by atoms with Gasteiger partial charge in [0.15, 0.2) is 12.6 Å². The lowest BCUT2D eigenvalue weighted by Crippen LogP contribution is -2.70. The van der Waals surface area contributed by atoms with E-state index < -0.39 is 95.5 Å². The zero-order chi connectivity index (χ0) is 43.5. The summed E-state index contributed by atoms with van der Waals surface area (Å²) < 4.78 is 38.7. The molecule has 15 nitrogen and oxygen atoms in total. The van der Waals surface area contributed by atoms with Gasteiger partial charge in [0.1, 0.15) is 35.1 Å². The zero-order valence-corrected chi connectivity index (χ0v) is 37.8. The summed E-state index contributed by atoms with van der Waals surface area (Å²) in [6.07, 6.45) is -4.20. The van der Waals surface area contributed by atoms with Gasteiger partial charge < -0.3 is 69.1 Å². The third kappa shape index (κ3) is 10.9. The van der Waals surface area contributed by atoms with E-state index in [0.29, 0.717) is 19.5 Å². The number of β-amino-alcohol motifs (C(OH)–C–C–N with tert-alkyl or cyclic N) is 1. The van der Waals surface area contributed by atoms with E-state index in [1.807, 2.05) is 53.6 Å². The summed E-state index contributed by atoms with van der Waals surface area (Å²) in [4.78, 5) is 18.6. The van der Waals surface area contributed by atoms with Crippen LogP contribution < -0.4 is 5.32 Å². The van der Waals surface area contributed by atoms with Gasteiger partial charge in [-0.1, -0.05) is 27.2 Å². The fraction of sp³-hybridized carbons (Fsp3) is 0.977. The van der Waals surface area contributed by atoms with Crippen LogP contribution in [0.5, 0.6) is 0 Å². The maximum absolute atomic E-state index is 14.4. The fourth-order valence-corrected chi connectivity index (χ4v) is 10.2. The zero-order valence-electron chi connectivity index (χ0n) is 37.8. The molecule has 340 valence electrons. The van der Waals surface area contributed by atoms with Gasteiger partial charge in [-0.15, -0.1) is 0 Å². The number of hydrogen-bond donors (Lipinski definition) is 6. The highest BCUT2D eigenvalue weighted by Gasteiger charge is 2.59. The van der Waals surface area contributed by atoms with Crippen LogP contribution in [0.25, 0.3) is 0 Å². The number of nitrogens with one attached hydrogen (secondary N) is 1. The molecule has 0 aromatic carbocycles. The Morgan fingerprint density at radius 3 is 2.16 bits per heavy atom. The van der Waals surface area contributed by atoms with Gasteiger partial charge in [-0.2, -0.15) is 0 Å². The van der Waals surface area contributed by atoms with Gasteiger partial charge >= 0.3 is 5.97 Å². The van der Waals surface area contributed by atoms with Crippen molar-refractivity contribution in [3.63, 3.8) is 0 Å². The molecular weight excluding hydrogens is 750 g/mol. The molecule has 0 aliphatic carbocycles. The van der Waals surface area contributed by atoms with Crippen LogP contribution in [0, 0.1) is 17.8 Å². The van der Waals surface area contributed by atoms with Crippen LogP contribution in [0.3, 0.4) is 0 Å². The van der Waals surface area contributed by atoms with Crippen LogP contribution in [-0.4, -0.2) is 178 Å². The maximum atomic E-state index is 14.4. The first-order valence-electron chi connectivity index (χ1n) is 21.9. The molecule has 4 fully saturated rings. The number of aliphatic hydroxyl groups excluding tert-OH is 2. The predicted molar refractivity (Wildman–Crippen MR) is 219 cm³/mol. The van der Waals surface area contributed by atoms with Crippen molar-refractivity contribution in [2.24, 2.45) is 17.8 Å². The molecule has 18 atom stereocenters. The summed E-state index contributed by atoms with van der Waals surface area (Å²) in [6, 6.07) is -0.872. The number of rotatable bonds is 9. The lowest BCUT2D eigenvalue weighted by Gasteiger charge is -2.55. The largest absolute Gasteiger partial charge is 0.459 e. The quantitative estimate of drug-likeness (QED) is 0.186. The first kappa shape index (κ1) is 49.6. The Labute approximate surface area is 348 Å². The monoisotopic (exact) mass is 832 g/mol. The Bertz CT molecular complexity index is 1300. The summed E-state index contributed by atoms with van der Waals surface area (Å²) >= 11 is 0. The van der Waals surface area contributed by atoms with Crippen molar-refractivity contribution >= 4 is 5.97 Å². The van der Waals surface area contributed by atoms with Gasteiger partial charge in [0.2, 0.25) is 0 Å². The average molecular weight is 832 g/mol. The van der Waals surface area contributed by atoms with Crippen LogP contribution in [0.15, 0.2) is 0 Å². The lowest BCUT2D eigenvalue weighted by molar-refractivity contribution is -0.339. The second-order valence-electron chi connectivity index (χ2n) is 19.4. The molecule has 4 aliphatic heterocycles. The molecule has 15 heteroatoms. The summed E-state index contributed by atoms with van der Waals surface area (Å²) in [5.74, 6) is -2.64. The molecule has 58 heavy (non-hydrogen) atoms. The number of nitrogens with zero attached hydrogens (tertiary/aromatic N) is 2. The third-order valence-electron chi connectivity index (χ3n) is 14.1. The normalized spacial score (nSPS) is 48.6. The van der Waals surface area contributed by atoms with Gasteiger partial charge in [-0.3, -0.25) is 4.79 Å². The number of piperidine rings is 1. The molecule has 4 rings (SSSR count). The van der Waals surface area contributed by atoms with Gasteiger partial charge in [-0.05, 0) is 120 Å². The summed E-state index contributed by atoms with van der Waals surface area (Å²) in [7, 11) is 5.36. The van der Waals surface area contributed by atoms with Crippen molar-refractivity contribution in [2.75, 3.05) is 47.4 Å². The van der Waals surface area contributed by atoms with E-state index in [-0.39, 0.29) is 37.3 Å². The van der Waals surface area contributed by atoms with Crippen molar-refractivity contribution in [3.05, 3.63) is 0 Å². The first-order valence-corrected chi connectivity index (χ1v) is 21.9. The molecule has 0 unspecified atom stereocenters. The maximum Gasteiger partial charge on any atom is 0.311 e. The number of carbonyl (C=O) groups is 1. The van der Waals surface area contributed by atoms with E-state index in [1.165, 1.54) is 6.92 Å². The number of methoxy groups -OCH3 is 1. The number of aliphatic hydroxyl groups is 5. The molecule has 4 saturated heterocycles. The molecule has 0 aromatic heterocycles. The number of esters is 1.